The van der Waals surface area contributed by atoms with Gasteiger partial charge in [0, 0.05) is 25.5 Å². The summed E-state index contributed by atoms with van der Waals surface area (Å²) in [5.74, 6) is 0.368. The fraction of sp³-hybridized carbons (Fsp3) is 0.357. The summed E-state index contributed by atoms with van der Waals surface area (Å²) in [6.07, 6.45) is 6.66. The van der Waals surface area contributed by atoms with Gasteiger partial charge in [0.25, 0.3) is 0 Å². The molecular formula is C14H19N3O. The van der Waals surface area contributed by atoms with Crippen LogP contribution in [0, 0.1) is 6.92 Å². The molecule has 0 saturated carbocycles. The number of benzene rings is 1. The number of nitrogens with one attached hydrogen (secondary N) is 1. The van der Waals surface area contributed by atoms with Gasteiger partial charge in [-0.3, -0.25) is 0 Å². The number of rotatable bonds is 6. The van der Waals surface area contributed by atoms with E-state index in [1.165, 1.54) is 0 Å². The van der Waals surface area contributed by atoms with E-state index in [9.17, 15) is 5.11 Å². The van der Waals surface area contributed by atoms with E-state index in [0.717, 1.165) is 37.2 Å². The van der Waals surface area contributed by atoms with Gasteiger partial charge in [0.05, 0.1) is 6.33 Å². The van der Waals surface area contributed by atoms with Gasteiger partial charge < -0.3 is 15.0 Å². The van der Waals surface area contributed by atoms with Crippen LogP contribution in [0.25, 0.3) is 0 Å². The minimum absolute atomic E-state index is 0.368. The van der Waals surface area contributed by atoms with Crippen molar-refractivity contribution in [2.24, 2.45) is 0 Å². The molecule has 1 heterocycles. The van der Waals surface area contributed by atoms with Crippen LogP contribution in [0.4, 0.5) is 0 Å². The van der Waals surface area contributed by atoms with Crippen molar-refractivity contribution >= 4 is 0 Å². The van der Waals surface area contributed by atoms with E-state index in [0.29, 0.717) is 5.75 Å². The summed E-state index contributed by atoms with van der Waals surface area (Å²) >= 11 is 0. The lowest BCUT2D eigenvalue weighted by atomic mass is 10.1. The number of nitrogens with zero attached hydrogens (tertiary/aromatic N) is 2. The summed E-state index contributed by atoms with van der Waals surface area (Å²) in [5, 5.41) is 13.0. The molecule has 2 rings (SSSR count). The fourth-order valence-electron chi connectivity index (χ4n) is 1.89. The first-order valence-electron chi connectivity index (χ1n) is 6.21. The second-order valence-corrected chi connectivity index (χ2v) is 4.39. The van der Waals surface area contributed by atoms with Crippen LogP contribution in [0.2, 0.25) is 0 Å². The van der Waals surface area contributed by atoms with Gasteiger partial charge in [-0.15, -0.1) is 0 Å². The van der Waals surface area contributed by atoms with Crippen LogP contribution >= 0.6 is 0 Å². The van der Waals surface area contributed by atoms with Gasteiger partial charge >= 0.3 is 0 Å². The minimum Gasteiger partial charge on any atom is -0.508 e. The summed E-state index contributed by atoms with van der Waals surface area (Å²) < 4.78 is 2.07. The number of hydrogen-bond donors (Lipinski definition) is 2. The Morgan fingerprint density at radius 3 is 3.06 bits per heavy atom. The average molecular weight is 245 g/mol. The predicted molar refractivity (Wildman–Crippen MR) is 71.4 cm³/mol. The normalized spacial score (nSPS) is 10.7. The molecule has 18 heavy (non-hydrogen) atoms. The first-order valence-corrected chi connectivity index (χ1v) is 6.21. The van der Waals surface area contributed by atoms with Crippen LogP contribution in [0.1, 0.15) is 17.5 Å². The summed E-state index contributed by atoms with van der Waals surface area (Å²) in [7, 11) is 0. The van der Waals surface area contributed by atoms with E-state index in [-0.39, 0.29) is 0 Å². The molecule has 0 unspecified atom stereocenters. The molecule has 4 heteroatoms. The largest absolute Gasteiger partial charge is 0.508 e. The molecule has 96 valence electrons. The van der Waals surface area contributed by atoms with Gasteiger partial charge in [0.2, 0.25) is 0 Å². The second-order valence-electron chi connectivity index (χ2n) is 4.39. The highest BCUT2D eigenvalue weighted by molar-refractivity contribution is 5.37. The minimum atomic E-state index is 0.368. The highest BCUT2D eigenvalue weighted by Gasteiger charge is 2.01. The predicted octanol–water partition coefficient (Wildman–Crippen LogP) is 2.08. The smallest absolute Gasteiger partial charge is 0.118 e. The molecule has 0 saturated heterocycles. The first kappa shape index (κ1) is 12.6. The Bertz CT molecular complexity index is 480. The van der Waals surface area contributed by atoms with Crippen LogP contribution in [0.5, 0.6) is 5.75 Å². The van der Waals surface area contributed by atoms with Gasteiger partial charge in [0.15, 0.2) is 0 Å². The molecular weight excluding hydrogens is 226 g/mol. The van der Waals surface area contributed by atoms with Crippen molar-refractivity contribution in [1.82, 2.24) is 14.9 Å². The Kier molecular flexibility index (Phi) is 4.36. The molecule has 0 bridgehead atoms. The maximum atomic E-state index is 9.59. The zero-order valence-electron chi connectivity index (χ0n) is 10.6. The highest BCUT2D eigenvalue weighted by Crippen LogP contribution is 2.19. The number of aromatic nitrogens is 2. The standard InChI is InChI=1S/C14H19N3O/c1-12-13(4-2-5-14(12)18)10-15-6-3-8-17-9-7-16-11-17/h2,4-5,7,9,11,15,18H,3,6,8,10H2,1H3. The topological polar surface area (TPSA) is 50.1 Å². The molecule has 4 nitrogen and oxygen atoms in total. The van der Waals surface area contributed by atoms with E-state index in [1.807, 2.05) is 31.6 Å². The SMILES string of the molecule is Cc1c(O)cccc1CNCCCn1ccnc1. The second kappa shape index (κ2) is 6.21. The molecule has 0 spiro atoms. The van der Waals surface area contributed by atoms with E-state index in [4.69, 9.17) is 0 Å². The molecule has 2 N–H and O–H groups in total. The van der Waals surface area contributed by atoms with Gasteiger partial charge in [-0.1, -0.05) is 12.1 Å². The van der Waals surface area contributed by atoms with Crippen LogP contribution in [0.15, 0.2) is 36.9 Å². The van der Waals surface area contributed by atoms with Gasteiger partial charge in [0.1, 0.15) is 5.75 Å². The van der Waals surface area contributed by atoms with Crippen LogP contribution in [-0.2, 0) is 13.1 Å². The fourth-order valence-corrected chi connectivity index (χ4v) is 1.89. The Morgan fingerprint density at radius 2 is 2.28 bits per heavy atom. The molecule has 0 radical (unpaired) electrons. The highest BCUT2D eigenvalue weighted by atomic mass is 16.3. The van der Waals surface area contributed by atoms with E-state index >= 15 is 0 Å². The van der Waals surface area contributed by atoms with Crippen molar-refractivity contribution in [2.45, 2.75) is 26.4 Å². The zero-order chi connectivity index (χ0) is 12.8. The number of hydrogen-bond acceptors (Lipinski definition) is 3. The van der Waals surface area contributed by atoms with Crippen molar-refractivity contribution in [1.29, 1.82) is 0 Å². The van der Waals surface area contributed by atoms with Gasteiger partial charge in [-0.25, -0.2) is 4.98 Å². The maximum absolute atomic E-state index is 9.59. The van der Waals surface area contributed by atoms with Crippen LogP contribution in [-0.4, -0.2) is 21.2 Å². The molecule has 0 fully saturated rings. The Morgan fingerprint density at radius 1 is 1.39 bits per heavy atom. The van der Waals surface area contributed by atoms with Crippen molar-refractivity contribution < 1.29 is 5.11 Å². The third kappa shape index (κ3) is 3.34. The lowest BCUT2D eigenvalue weighted by Crippen LogP contribution is -2.16. The van der Waals surface area contributed by atoms with Crippen molar-refractivity contribution in [3.63, 3.8) is 0 Å². The number of phenolic OH excluding ortho intramolecular Hbond substituents is 1. The lowest BCUT2D eigenvalue weighted by Gasteiger charge is -2.09. The summed E-state index contributed by atoms with van der Waals surface area (Å²) in [5.41, 5.74) is 2.11. The first-order chi connectivity index (χ1) is 8.77. The molecule has 1 aromatic carbocycles. The zero-order valence-corrected chi connectivity index (χ0v) is 10.6. The lowest BCUT2D eigenvalue weighted by molar-refractivity contribution is 0.469. The summed E-state index contributed by atoms with van der Waals surface area (Å²) in [6, 6.07) is 5.64. The number of phenols is 1. The molecule has 0 amide bonds. The third-order valence-electron chi connectivity index (χ3n) is 3.06. The van der Waals surface area contributed by atoms with Crippen LogP contribution < -0.4 is 5.32 Å². The Balaban J connectivity index is 1.70. The Hall–Kier alpha value is -1.81. The average Bonchev–Trinajstić information content (AvgIpc) is 2.87. The molecule has 0 aliphatic heterocycles. The van der Waals surface area contributed by atoms with E-state index < -0.39 is 0 Å². The third-order valence-corrected chi connectivity index (χ3v) is 3.06. The van der Waals surface area contributed by atoms with Crippen molar-refractivity contribution in [3.8, 4) is 5.75 Å². The number of aryl methyl sites for hydroxylation is 1. The van der Waals surface area contributed by atoms with Crippen molar-refractivity contribution in [3.05, 3.63) is 48.0 Å². The van der Waals surface area contributed by atoms with Gasteiger partial charge in [-0.05, 0) is 37.1 Å². The molecule has 0 aliphatic rings. The van der Waals surface area contributed by atoms with Crippen molar-refractivity contribution in [2.75, 3.05) is 6.54 Å². The molecule has 2 aromatic rings. The number of imidazole rings is 1. The van der Waals surface area contributed by atoms with E-state index in [1.54, 1.807) is 12.3 Å². The summed E-state index contributed by atoms with van der Waals surface area (Å²) in [4.78, 5) is 4.00. The molecule has 0 aliphatic carbocycles. The molecule has 0 atom stereocenters. The monoisotopic (exact) mass is 245 g/mol. The van der Waals surface area contributed by atoms with Crippen LogP contribution in [0.3, 0.4) is 0 Å². The van der Waals surface area contributed by atoms with E-state index in [2.05, 4.69) is 14.9 Å². The maximum Gasteiger partial charge on any atom is 0.118 e. The quantitative estimate of drug-likeness (QED) is 0.766. The molecule has 1 aromatic heterocycles. The van der Waals surface area contributed by atoms with Gasteiger partial charge in [-0.2, -0.15) is 0 Å². The Labute approximate surface area is 107 Å². The summed E-state index contributed by atoms with van der Waals surface area (Å²) in [6.45, 7) is 4.67. The number of aromatic hydroxyl groups is 1.